The van der Waals surface area contributed by atoms with Crippen molar-refractivity contribution in [2.24, 2.45) is 11.7 Å². The van der Waals surface area contributed by atoms with Crippen molar-refractivity contribution in [1.82, 2.24) is 14.1 Å². The third-order valence-electron chi connectivity index (χ3n) is 3.13. The van der Waals surface area contributed by atoms with Gasteiger partial charge in [-0.2, -0.15) is 12.7 Å². The molecule has 0 amide bonds. The number of hydrogen-bond donors (Lipinski definition) is 4. The smallest absolute Gasteiger partial charge is 0.427 e. The molecule has 1 saturated heterocycles. The van der Waals surface area contributed by atoms with Crippen LogP contribution >= 0.6 is 0 Å². The molecular formula is C9H23BN4O4S. The number of nitrogens with zero attached hydrogens (tertiary/aromatic N) is 2. The third kappa shape index (κ3) is 5.34. The van der Waals surface area contributed by atoms with Crippen LogP contribution in [0, 0.1) is 5.92 Å². The van der Waals surface area contributed by atoms with Gasteiger partial charge in [-0.15, -0.1) is 4.83 Å². The van der Waals surface area contributed by atoms with Crippen LogP contribution in [0.3, 0.4) is 0 Å². The van der Waals surface area contributed by atoms with E-state index >= 15 is 0 Å². The van der Waals surface area contributed by atoms with Gasteiger partial charge in [-0.3, -0.25) is 0 Å². The second-order valence-electron chi connectivity index (χ2n) is 5.14. The molecule has 8 nitrogen and oxygen atoms in total. The normalized spacial score (nSPS) is 25.2. The fourth-order valence-electron chi connectivity index (χ4n) is 2.21. The number of hydrazine groups is 1. The van der Waals surface area contributed by atoms with Crippen LogP contribution < -0.4 is 10.6 Å². The quantitative estimate of drug-likeness (QED) is 0.313. The van der Waals surface area contributed by atoms with E-state index in [9.17, 15) is 8.42 Å². The van der Waals surface area contributed by atoms with Crippen LogP contribution in [0.2, 0.25) is 6.32 Å². The summed E-state index contributed by atoms with van der Waals surface area (Å²) in [4.78, 5) is 2.37. The van der Waals surface area contributed by atoms with Crippen LogP contribution in [-0.2, 0) is 10.2 Å². The molecule has 2 atom stereocenters. The molecule has 19 heavy (non-hydrogen) atoms. The summed E-state index contributed by atoms with van der Waals surface area (Å²) in [5.74, 6) is 0.0532. The molecule has 1 aliphatic heterocycles. The maximum Gasteiger partial charge on any atom is 0.451 e. The van der Waals surface area contributed by atoms with Gasteiger partial charge in [0.2, 0.25) is 0 Å². The minimum absolute atomic E-state index is 0.0532. The molecular weight excluding hydrogens is 271 g/mol. The minimum atomic E-state index is -3.54. The lowest BCUT2D eigenvalue weighted by atomic mass is 9.82. The molecule has 0 saturated carbocycles. The molecule has 1 heterocycles. The molecule has 0 radical (unpaired) electrons. The second kappa shape index (κ2) is 6.98. The van der Waals surface area contributed by atoms with Gasteiger partial charge in [0.1, 0.15) is 0 Å². The van der Waals surface area contributed by atoms with Crippen molar-refractivity contribution in [3.8, 4) is 0 Å². The predicted molar refractivity (Wildman–Crippen MR) is 73.0 cm³/mol. The largest absolute Gasteiger partial charge is 0.451 e. The van der Waals surface area contributed by atoms with Crippen molar-refractivity contribution >= 4 is 17.3 Å². The van der Waals surface area contributed by atoms with Crippen LogP contribution in [0.1, 0.15) is 12.8 Å². The van der Waals surface area contributed by atoms with Gasteiger partial charge in [0.25, 0.3) is 10.2 Å². The first kappa shape index (κ1) is 16.8. The number of nitrogens with two attached hydrogens (primary N) is 1. The molecule has 1 aliphatic rings. The molecule has 112 valence electrons. The van der Waals surface area contributed by atoms with E-state index in [4.69, 9.17) is 15.8 Å². The van der Waals surface area contributed by atoms with Gasteiger partial charge < -0.3 is 15.8 Å². The monoisotopic (exact) mass is 294 g/mol. The highest BCUT2D eigenvalue weighted by molar-refractivity contribution is 7.87. The summed E-state index contributed by atoms with van der Waals surface area (Å²) in [7, 11) is -1.64. The van der Waals surface area contributed by atoms with E-state index in [-0.39, 0.29) is 24.8 Å². The van der Waals surface area contributed by atoms with Crippen molar-refractivity contribution in [2.45, 2.75) is 25.2 Å². The molecule has 0 aliphatic carbocycles. The molecule has 0 unspecified atom stereocenters. The summed E-state index contributed by atoms with van der Waals surface area (Å²) in [6.07, 6.45) is 1.59. The zero-order valence-electron chi connectivity index (χ0n) is 11.4. The zero-order valence-corrected chi connectivity index (χ0v) is 12.2. The lowest BCUT2D eigenvalue weighted by Gasteiger charge is -2.20. The van der Waals surface area contributed by atoms with Crippen LogP contribution in [0.4, 0.5) is 0 Å². The summed E-state index contributed by atoms with van der Waals surface area (Å²) in [6, 6.07) is -0.213. The Hall–Kier alpha value is -0.225. The fourth-order valence-corrected chi connectivity index (χ4v) is 3.54. The Morgan fingerprint density at radius 3 is 2.58 bits per heavy atom. The minimum Gasteiger partial charge on any atom is -0.427 e. The molecule has 0 spiro atoms. The SMILES string of the molecule is CN(C)NS(=O)(=O)N1C[C@H](CCCB(O)O)[C@@H](N)C1. The molecule has 5 N–H and O–H groups in total. The molecule has 0 aromatic carbocycles. The van der Waals surface area contributed by atoms with Crippen molar-refractivity contribution in [2.75, 3.05) is 27.2 Å². The van der Waals surface area contributed by atoms with Gasteiger partial charge >= 0.3 is 7.12 Å². The van der Waals surface area contributed by atoms with E-state index in [2.05, 4.69) is 4.83 Å². The van der Waals surface area contributed by atoms with E-state index in [1.54, 1.807) is 14.1 Å². The summed E-state index contributed by atoms with van der Waals surface area (Å²) in [5, 5.41) is 18.9. The first-order valence-corrected chi connectivity index (χ1v) is 7.73. The number of rotatable bonds is 7. The third-order valence-corrected chi connectivity index (χ3v) is 4.71. The standard InChI is InChI=1S/C9H23BN4O4S/c1-13(2)12-19(17,18)14-6-8(9(11)7-14)4-3-5-10(15)16/h8-9,12,15-16H,3-7,11H2,1-2H3/t8-,9-/m0/s1. The highest BCUT2D eigenvalue weighted by atomic mass is 32.2. The average molecular weight is 294 g/mol. The second-order valence-corrected chi connectivity index (χ2v) is 6.79. The maximum atomic E-state index is 12.0. The van der Waals surface area contributed by atoms with E-state index < -0.39 is 17.3 Å². The zero-order chi connectivity index (χ0) is 14.6. The lowest BCUT2D eigenvalue weighted by Crippen LogP contribution is -2.46. The summed E-state index contributed by atoms with van der Waals surface area (Å²) in [6.45, 7) is 0.654. The molecule has 1 rings (SSSR count). The first-order valence-electron chi connectivity index (χ1n) is 6.29. The van der Waals surface area contributed by atoms with Crippen molar-refractivity contribution in [1.29, 1.82) is 0 Å². The van der Waals surface area contributed by atoms with E-state index in [0.29, 0.717) is 19.4 Å². The Morgan fingerprint density at radius 1 is 1.42 bits per heavy atom. The highest BCUT2D eigenvalue weighted by Crippen LogP contribution is 2.23. The summed E-state index contributed by atoms with van der Waals surface area (Å²) < 4.78 is 25.2. The predicted octanol–water partition coefficient (Wildman–Crippen LogP) is -2.19. The molecule has 10 heteroatoms. The topological polar surface area (TPSA) is 119 Å². The van der Waals surface area contributed by atoms with Gasteiger partial charge in [-0.25, -0.2) is 5.01 Å². The van der Waals surface area contributed by atoms with Gasteiger partial charge in [0.15, 0.2) is 0 Å². The lowest BCUT2D eigenvalue weighted by molar-refractivity contribution is 0.337. The van der Waals surface area contributed by atoms with Crippen molar-refractivity contribution in [3.05, 3.63) is 0 Å². The van der Waals surface area contributed by atoms with Gasteiger partial charge in [-0.1, -0.05) is 6.42 Å². The van der Waals surface area contributed by atoms with E-state index in [1.807, 2.05) is 0 Å². The summed E-state index contributed by atoms with van der Waals surface area (Å²) in [5.41, 5.74) is 5.94. The molecule has 0 aromatic heterocycles. The maximum absolute atomic E-state index is 12.0. The molecule has 0 bridgehead atoms. The number of nitrogens with one attached hydrogen (secondary N) is 1. The molecule has 0 aromatic rings. The Labute approximate surface area is 114 Å². The fraction of sp³-hybridized carbons (Fsp3) is 1.00. The first-order chi connectivity index (χ1) is 8.72. The van der Waals surface area contributed by atoms with Crippen molar-refractivity contribution in [3.63, 3.8) is 0 Å². The van der Waals surface area contributed by atoms with Gasteiger partial charge in [-0.05, 0) is 18.7 Å². The molecule has 1 fully saturated rings. The number of hydrogen-bond acceptors (Lipinski definition) is 6. The average Bonchev–Trinajstić information content (AvgIpc) is 2.58. The van der Waals surface area contributed by atoms with Crippen LogP contribution in [-0.4, -0.2) is 68.1 Å². The van der Waals surface area contributed by atoms with Crippen LogP contribution in [0.5, 0.6) is 0 Å². The van der Waals surface area contributed by atoms with E-state index in [1.165, 1.54) is 9.31 Å². The summed E-state index contributed by atoms with van der Waals surface area (Å²) >= 11 is 0. The van der Waals surface area contributed by atoms with Crippen molar-refractivity contribution < 1.29 is 18.5 Å². The van der Waals surface area contributed by atoms with E-state index in [0.717, 1.165) is 0 Å². The Bertz CT molecular complexity index is 378. The Morgan fingerprint density at radius 2 is 2.05 bits per heavy atom. The van der Waals surface area contributed by atoms with Gasteiger partial charge in [0, 0.05) is 33.2 Å². The Balaban J connectivity index is 2.50. The van der Waals surface area contributed by atoms with Gasteiger partial charge in [0.05, 0.1) is 0 Å². The highest BCUT2D eigenvalue weighted by Gasteiger charge is 2.36. The van der Waals surface area contributed by atoms with Crippen LogP contribution in [0.25, 0.3) is 0 Å². The van der Waals surface area contributed by atoms with Crippen LogP contribution in [0.15, 0.2) is 0 Å². The Kier molecular flexibility index (Phi) is 6.18.